The molecule has 1 aromatic rings. The molecule has 0 saturated carbocycles. The van der Waals surface area contributed by atoms with Gasteiger partial charge in [0.25, 0.3) is 0 Å². The van der Waals surface area contributed by atoms with Gasteiger partial charge in [0.15, 0.2) is 0 Å². The summed E-state index contributed by atoms with van der Waals surface area (Å²) in [5, 5.41) is 0. The van der Waals surface area contributed by atoms with Crippen molar-refractivity contribution < 1.29 is 4.79 Å². The number of aryl methyl sites for hydroxylation is 3. The molecule has 2 amide bonds. The van der Waals surface area contributed by atoms with Gasteiger partial charge in [-0.3, -0.25) is 5.43 Å². The van der Waals surface area contributed by atoms with Crippen molar-refractivity contribution in [2.24, 2.45) is 5.84 Å². The minimum absolute atomic E-state index is 0.278. The van der Waals surface area contributed by atoms with Gasteiger partial charge in [-0.2, -0.15) is 0 Å². The SMILES string of the molecule is Cc1cc(C)c(CN(C)C(=O)NN)c(C)c1. The van der Waals surface area contributed by atoms with Gasteiger partial charge in [0.1, 0.15) is 0 Å². The number of benzene rings is 1. The monoisotopic (exact) mass is 221 g/mol. The fraction of sp³-hybridized carbons (Fsp3) is 0.417. The first-order chi connectivity index (χ1) is 7.45. The molecule has 0 aromatic heterocycles. The summed E-state index contributed by atoms with van der Waals surface area (Å²) in [6, 6.07) is 3.96. The minimum Gasteiger partial charge on any atom is -0.322 e. The average molecular weight is 221 g/mol. The lowest BCUT2D eigenvalue weighted by Crippen LogP contribution is -2.40. The molecule has 0 unspecified atom stereocenters. The Hall–Kier alpha value is -1.55. The zero-order chi connectivity index (χ0) is 12.3. The Morgan fingerprint density at radius 1 is 1.31 bits per heavy atom. The zero-order valence-electron chi connectivity index (χ0n) is 10.3. The predicted octanol–water partition coefficient (Wildman–Crippen LogP) is 1.63. The second-order valence-corrected chi connectivity index (χ2v) is 4.18. The number of hydrazine groups is 1. The van der Waals surface area contributed by atoms with Crippen LogP contribution in [0.15, 0.2) is 12.1 Å². The number of rotatable bonds is 2. The molecule has 0 saturated heterocycles. The number of amides is 2. The Kier molecular flexibility index (Phi) is 3.90. The normalized spacial score (nSPS) is 10.1. The van der Waals surface area contributed by atoms with Gasteiger partial charge < -0.3 is 4.90 Å². The van der Waals surface area contributed by atoms with Crippen molar-refractivity contribution in [1.82, 2.24) is 10.3 Å². The number of nitrogens with zero attached hydrogens (tertiary/aromatic N) is 1. The molecule has 0 aliphatic rings. The van der Waals surface area contributed by atoms with Gasteiger partial charge >= 0.3 is 6.03 Å². The molecule has 0 heterocycles. The van der Waals surface area contributed by atoms with E-state index in [1.165, 1.54) is 22.3 Å². The summed E-state index contributed by atoms with van der Waals surface area (Å²) in [7, 11) is 1.72. The molecule has 4 heteroatoms. The minimum atomic E-state index is -0.278. The quantitative estimate of drug-likeness (QED) is 0.453. The van der Waals surface area contributed by atoms with Crippen molar-refractivity contribution in [3.05, 3.63) is 34.4 Å². The lowest BCUT2D eigenvalue weighted by atomic mass is 9.99. The second-order valence-electron chi connectivity index (χ2n) is 4.18. The van der Waals surface area contributed by atoms with Crippen LogP contribution in [0.1, 0.15) is 22.3 Å². The molecule has 1 aromatic carbocycles. The van der Waals surface area contributed by atoms with Crippen LogP contribution >= 0.6 is 0 Å². The second kappa shape index (κ2) is 4.99. The van der Waals surface area contributed by atoms with Crippen molar-refractivity contribution in [2.45, 2.75) is 27.3 Å². The Morgan fingerprint density at radius 3 is 2.25 bits per heavy atom. The number of hydrogen-bond acceptors (Lipinski definition) is 2. The van der Waals surface area contributed by atoms with E-state index in [1.54, 1.807) is 11.9 Å². The molecule has 0 aliphatic heterocycles. The van der Waals surface area contributed by atoms with Crippen LogP contribution < -0.4 is 11.3 Å². The Labute approximate surface area is 96.4 Å². The highest BCUT2D eigenvalue weighted by atomic mass is 16.2. The molecule has 4 nitrogen and oxygen atoms in total. The van der Waals surface area contributed by atoms with Crippen LogP contribution in [0.25, 0.3) is 0 Å². The molecule has 0 bridgehead atoms. The number of carbonyl (C=O) groups excluding carboxylic acids is 1. The van der Waals surface area contributed by atoms with Crippen molar-refractivity contribution in [3.63, 3.8) is 0 Å². The summed E-state index contributed by atoms with van der Waals surface area (Å²) >= 11 is 0. The summed E-state index contributed by atoms with van der Waals surface area (Å²) in [4.78, 5) is 12.9. The van der Waals surface area contributed by atoms with Gasteiger partial charge in [-0.1, -0.05) is 17.7 Å². The number of urea groups is 1. The van der Waals surface area contributed by atoms with Crippen molar-refractivity contribution in [3.8, 4) is 0 Å². The Morgan fingerprint density at radius 2 is 1.81 bits per heavy atom. The maximum absolute atomic E-state index is 11.3. The molecule has 16 heavy (non-hydrogen) atoms. The number of nitrogens with one attached hydrogen (secondary N) is 1. The highest BCUT2D eigenvalue weighted by Gasteiger charge is 2.10. The average Bonchev–Trinajstić information content (AvgIpc) is 2.21. The van der Waals surface area contributed by atoms with Crippen LogP contribution in [0.3, 0.4) is 0 Å². The summed E-state index contributed by atoms with van der Waals surface area (Å²) < 4.78 is 0. The maximum atomic E-state index is 11.3. The maximum Gasteiger partial charge on any atom is 0.331 e. The molecule has 88 valence electrons. The summed E-state index contributed by atoms with van der Waals surface area (Å²) in [6.45, 7) is 6.76. The molecule has 0 fully saturated rings. The largest absolute Gasteiger partial charge is 0.331 e. The van der Waals surface area contributed by atoms with E-state index in [4.69, 9.17) is 5.84 Å². The van der Waals surface area contributed by atoms with E-state index in [9.17, 15) is 4.79 Å². The Balaban J connectivity index is 2.93. The van der Waals surface area contributed by atoms with Gasteiger partial charge in [-0.15, -0.1) is 0 Å². The summed E-state index contributed by atoms with van der Waals surface area (Å²) in [6.07, 6.45) is 0. The molecule has 1 rings (SSSR count). The van der Waals surface area contributed by atoms with Gasteiger partial charge in [0.2, 0.25) is 0 Å². The standard InChI is InChI=1S/C12H19N3O/c1-8-5-9(2)11(10(3)6-8)7-15(4)12(16)14-13/h5-6H,7,13H2,1-4H3,(H,14,16). The number of nitrogens with two attached hydrogens (primary N) is 1. The van der Waals surface area contributed by atoms with E-state index in [1.807, 2.05) is 0 Å². The lowest BCUT2D eigenvalue weighted by molar-refractivity contribution is 0.207. The topological polar surface area (TPSA) is 58.4 Å². The molecular weight excluding hydrogens is 202 g/mol. The highest BCUT2D eigenvalue weighted by Crippen LogP contribution is 2.17. The van der Waals surface area contributed by atoms with Crippen LogP contribution in [0.4, 0.5) is 4.79 Å². The first kappa shape index (κ1) is 12.5. The van der Waals surface area contributed by atoms with E-state index < -0.39 is 0 Å². The number of carbonyl (C=O) groups is 1. The van der Waals surface area contributed by atoms with Gasteiger partial charge in [0.05, 0.1) is 0 Å². The van der Waals surface area contributed by atoms with Crippen LogP contribution in [0, 0.1) is 20.8 Å². The van der Waals surface area contributed by atoms with Crippen LogP contribution in [0.5, 0.6) is 0 Å². The molecule has 0 aliphatic carbocycles. The van der Waals surface area contributed by atoms with Crippen LogP contribution in [-0.4, -0.2) is 18.0 Å². The predicted molar refractivity (Wildman–Crippen MR) is 64.8 cm³/mol. The fourth-order valence-electron chi connectivity index (χ4n) is 1.88. The van der Waals surface area contributed by atoms with E-state index in [2.05, 4.69) is 38.3 Å². The Bertz CT molecular complexity index is 378. The third-order valence-corrected chi connectivity index (χ3v) is 2.71. The van der Waals surface area contributed by atoms with Gasteiger partial charge in [0, 0.05) is 13.6 Å². The molecule has 0 atom stereocenters. The number of hydrogen-bond donors (Lipinski definition) is 2. The molecule has 0 radical (unpaired) electrons. The van der Waals surface area contributed by atoms with Crippen LogP contribution in [-0.2, 0) is 6.54 Å². The zero-order valence-corrected chi connectivity index (χ0v) is 10.3. The fourth-order valence-corrected chi connectivity index (χ4v) is 1.88. The van der Waals surface area contributed by atoms with Crippen LogP contribution in [0.2, 0.25) is 0 Å². The van der Waals surface area contributed by atoms with E-state index >= 15 is 0 Å². The first-order valence-electron chi connectivity index (χ1n) is 5.24. The summed E-state index contributed by atoms with van der Waals surface area (Å²) in [5.41, 5.74) is 6.95. The van der Waals surface area contributed by atoms with Crippen molar-refractivity contribution in [1.29, 1.82) is 0 Å². The highest BCUT2D eigenvalue weighted by molar-refractivity contribution is 5.73. The summed E-state index contributed by atoms with van der Waals surface area (Å²) in [5.74, 6) is 5.09. The smallest absolute Gasteiger partial charge is 0.322 e. The molecular formula is C12H19N3O. The lowest BCUT2D eigenvalue weighted by Gasteiger charge is -2.19. The van der Waals surface area contributed by atoms with Gasteiger partial charge in [-0.25, -0.2) is 10.6 Å². The van der Waals surface area contributed by atoms with E-state index in [0.717, 1.165) is 0 Å². The van der Waals surface area contributed by atoms with Crippen molar-refractivity contribution in [2.75, 3.05) is 7.05 Å². The van der Waals surface area contributed by atoms with E-state index in [-0.39, 0.29) is 6.03 Å². The van der Waals surface area contributed by atoms with Crippen molar-refractivity contribution >= 4 is 6.03 Å². The third kappa shape index (κ3) is 2.73. The van der Waals surface area contributed by atoms with Gasteiger partial charge in [-0.05, 0) is 37.5 Å². The molecule has 3 N–H and O–H groups in total. The molecule has 0 spiro atoms. The third-order valence-electron chi connectivity index (χ3n) is 2.71. The van der Waals surface area contributed by atoms with E-state index in [0.29, 0.717) is 6.54 Å². The first-order valence-corrected chi connectivity index (χ1v) is 5.24.